The van der Waals surface area contributed by atoms with Crippen molar-refractivity contribution >= 4 is 11.8 Å². The van der Waals surface area contributed by atoms with Gasteiger partial charge in [0.1, 0.15) is 0 Å². The van der Waals surface area contributed by atoms with Gasteiger partial charge in [-0.05, 0) is 5.56 Å². The van der Waals surface area contributed by atoms with E-state index in [2.05, 4.69) is 15.7 Å². The lowest BCUT2D eigenvalue weighted by Crippen LogP contribution is -2.38. The van der Waals surface area contributed by atoms with Crippen molar-refractivity contribution in [2.75, 3.05) is 26.8 Å². The number of hydrogen-bond donors (Lipinski definition) is 2. The highest BCUT2D eigenvalue weighted by Crippen LogP contribution is 2.03. The van der Waals surface area contributed by atoms with Crippen molar-refractivity contribution in [3.8, 4) is 0 Å². The molecule has 122 valence electrons. The van der Waals surface area contributed by atoms with Gasteiger partial charge >= 0.3 is 0 Å². The minimum atomic E-state index is -0.328. The summed E-state index contributed by atoms with van der Waals surface area (Å²) >= 11 is 0. The van der Waals surface area contributed by atoms with E-state index in [1.54, 1.807) is 18.0 Å². The van der Waals surface area contributed by atoms with E-state index in [1.807, 2.05) is 30.3 Å². The molecule has 0 aliphatic rings. The van der Waals surface area contributed by atoms with Crippen LogP contribution < -0.4 is 10.6 Å². The van der Waals surface area contributed by atoms with Crippen molar-refractivity contribution < 1.29 is 14.3 Å². The number of nitrogens with zero attached hydrogens (tertiary/aromatic N) is 2. The van der Waals surface area contributed by atoms with Gasteiger partial charge < -0.3 is 15.4 Å². The minimum absolute atomic E-state index is 0.0770. The summed E-state index contributed by atoms with van der Waals surface area (Å²) in [4.78, 5) is 23.5. The highest BCUT2D eigenvalue weighted by atomic mass is 16.5. The van der Waals surface area contributed by atoms with Crippen LogP contribution in [0.25, 0.3) is 0 Å². The van der Waals surface area contributed by atoms with E-state index in [0.717, 1.165) is 5.56 Å². The molecule has 2 rings (SSSR count). The summed E-state index contributed by atoms with van der Waals surface area (Å²) in [6.07, 6.45) is 3.15. The first-order valence-corrected chi connectivity index (χ1v) is 7.29. The van der Waals surface area contributed by atoms with Crippen molar-refractivity contribution in [3.63, 3.8) is 0 Å². The molecule has 23 heavy (non-hydrogen) atoms. The first kappa shape index (κ1) is 16.7. The number of aromatic nitrogens is 2. The standard InChI is InChI=1S/C16H20N4O3/c1-23-8-7-17-15(21)10-18-16(22)14-9-19-20(12-14)11-13-5-3-2-4-6-13/h2-6,9,12H,7-8,10-11H2,1H3,(H,17,21)(H,18,22). The Balaban J connectivity index is 1.80. The number of nitrogens with one attached hydrogen (secondary N) is 2. The average Bonchev–Trinajstić information content (AvgIpc) is 3.02. The largest absolute Gasteiger partial charge is 0.383 e. The average molecular weight is 316 g/mol. The smallest absolute Gasteiger partial charge is 0.254 e. The number of rotatable bonds is 8. The number of amides is 2. The van der Waals surface area contributed by atoms with E-state index in [9.17, 15) is 9.59 Å². The van der Waals surface area contributed by atoms with E-state index in [1.165, 1.54) is 6.20 Å². The number of benzene rings is 1. The van der Waals surface area contributed by atoms with Gasteiger partial charge in [0.2, 0.25) is 5.91 Å². The Morgan fingerprint density at radius 1 is 1.22 bits per heavy atom. The van der Waals surface area contributed by atoms with Gasteiger partial charge in [0.05, 0.1) is 31.5 Å². The van der Waals surface area contributed by atoms with Gasteiger partial charge in [-0.25, -0.2) is 0 Å². The Morgan fingerprint density at radius 3 is 2.74 bits per heavy atom. The second-order valence-electron chi connectivity index (χ2n) is 4.94. The van der Waals surface area contributed by atoms with E-state index < -0.39 is 0 Å². The van der Waals surface area contributed by atoms with Crippen LogP contribution in [0.15, 0.2) is 42.7 Å². The lowest BCUT2D eigenvalue weighted by atomic mass is 10.2. The molecule has 0 fully saturated rings. The van der Waals surface area contributed by atoms with Crippen LogP contribution in [0.4, 0.5) is 0 Å². The van der Waals surface area contributed by atoms with Crippen LogP contribution in [-0.4, -0.2) is 48.4 Å². The second-order valence-corrected chi connectivity index (χ2v) is 4.94. The van der Waals surface area contributed by atoms with Crippen LogP contribution in [0.2, 0.25) is 0 Å². The third-order valence-electron chi connectivity index (χ3n) is 3.12. The van der Waals surface area contributed by atoms with Gasteiger partial charge in [-0.15, -0.1) is 0 Å². The zero-order valence-electron chi connectivity index (χ0n) is 13.0. The SMILES string of the molecule is COCCNC(=O)CNC(=O)c1cnn(Cc2ccccc2)c1. The van der Waals surface area contributed by atoms with E-state index >= 15 is 0 Å². The van der Waals surface area contributed by atoms with Crippen LogP contribution in [0.1, 0.15) is 15.9 Å². The maximum Gasteiger partial charge on any atom is 0.254 e. The van der Waals surface area contributed by atoms with Crippen LogP contribution in [0.3, 0.4) is 0 Å². The molecule has 0 aliphatic carbocycles. The predicted octanol–water partition coefficient (Wildman–Crippen LogP) is 0.424. The maximum absolute atomic E-state index is 12.0. The number of hydrogen-bond acceptors (Lipinski definition) is 4. The normalized spacial score (nSPS) is 10.3. The van der Waals surface area contributed by atoms with Crippen molar-refractivity contribution in [2.45, 2.75) is 6.54 Å². The molecular weight excluding hydrogens is 296 g/mol. The molecule has 1 aromatic carbocycles. The zero-order chi connectivity index (χ0) is 16.5. The molecule has 7 nitrogen and oxygen atoms in total. The van der Waals surface area contributed by atoms with Crippen molar-refractivity contribution in [1.29, 1.82) is 0 Å². The Bertz CT molecular complexity index is 640. The van der Waals surface area contributed by atoms with Gasteiger partial charge in [-0.3, -0.25) is 14.3 Å². The number of carbonyl (C=O) groups is 2. The maximum atomic E-state index is 12.0. The molecular formula is C16H20N4O3. The third kappa shape index (κ3) is 5.55. The molecule has 0 atom stereocenters. The van der Waals surface area contributed by atoms with Crippen LogP contribution in [-0.2, 0) is 16.1 Å². The van der Waals surface area contributed by atoms with E-state index in [-0.39, 0.29) is 18.4 Å². The second kappa shape index (κ2) is 8.70. The number of carbonyl (C=O) groups excluding carboxylic acids is 2. The summed E-state index contributed by atoms with van der Waals surface area (Å²) in [7, 11) is 1.56. The highest BCUT2D eigenvalue weighted by molar-refractivity contribution is 5.96. The van der Waals surface area contributed by atoms with Crippen LogP contribution in [0, 0.1) is 0 Å². The molecule has 1 aromatic heterocycles. The highest BCUT2D eigenvalue weighted by Gasteiger charge is 2.10. The molecule has 0 saturated heterocycles. The summed E-state index contributed by atoms with van der Waals surface area (Å²) in [6, 6.07) is 9.84. The molecule has 2 amide bonds. The number of methoxy groups -OCH3 is 1. The fraction of sp³-hybridized carbons (Fsp3) is 0.312. The molecule has 0 radical (unpaired) electrons. The Hall–Kier alpha value is -2.67. The van der Waals surface area contributed by atoms with E-state index in [4.69, 9.17) is 4.74 Å². The first-order chi connectivity index (χ1) is 11.2. The zero-order valence-corrected chi connectivity index (χ0v) is 13.0. The summed E-state index contributed by atoms with van der Waals surface area (Å²) in [5.41, 5.74) is 1.52. The third-order valence-corrected chi connectivity index (χ3v) is 3.12. The minimum Gasteiger partial charge on any atom is -0.383 e. The summed E-state index contributed by atoms with van der Waals surface area (Å²) < 4.78 is 6.51. The molecule has 7 heteroatoms. The summed E-state index contributed by atoms with van der Waals surface area (Å²) in [5.74, 6) is -0.585. The Labute approximate surface area is 134 Å². The molecule has 0 unspecified atom stereocenters. The van der Waals surface area contributed by atoms with Gasteiger partial charge in [-0.2, -0.15) is 5.10 Å². The quantitative estimate of drug-likeness (QED) is 0.691. The molecule has 0 bridgehead atoms. The number of ether oxygens (including phenoxy) is 1. The molecule has 1 heterocycles. The van der Waals surface area contributed by atoms with Crippen molar-refractivity contribution in [2.24, 2.45) is 0 Å². The molecule has 0 aliphatic heterocycles. The fourth-order valence-electron chi connectivity index (χ4n) is 1.96. The topological polar surface area (TPSA) is 85.2 Å². The van der Waals surface area contributed by atoms with E-state index in [0.29, 0.717) is 25.3 Å². The van der Waals surface area contributed by atoms with Gasteiger partial charge in [-0.1, -0.05) is 30.3 Å². The molecule has 2 aromatic rings. The summed E-state index contributed by atoms with van der Waals surface area (Å²) in [6.45, 7) is 1.37. The lowest BCUT2D eigenvalue weighted by Gasteiger charge is -2.05. The predicted molar refractivity (Wildman–Crippen MR) is 85.0 cm³/mol. The Kier molecular flexibility index (Phi) is 6.31. The van der Waals surface area contributed by atoms with Gasteiger partial charge in [0.15, 0.2) is 0 Å². The van der Waals surface area contributed by atoms with Gasteiger partial charge in [0, 0.05) is 19.9 Å². The lowest BCUT2D eigenvalue weighted by molar-refractivity contribution is -0.120. The van der Waals surface area contributed by atoms with Crippen LogP contribution >= 0.6 is 0 Å². The van der Waals surface area contributed by atoms with Crippen LogP contribution in [0.5, 0.6) is 0 Å². The van der Waals surface area contributed by atoms with Crippen molar-refractivity contribution in [1.82, 2.24) is 20.4 Å². The fourth-order valence-corrected chi connectivity index (χ4v) is 1.96. The monoisotopic (exact) mass is 316 g/mol. The van der Waals surface area contributed by atoms with Gasteiger partial charge in [0.25, 0.3) is 5.91 Å². The van der Waals surface area contributed by atoms with Crippen molar-refractivity contribution in [3.05, 3.63) is 53.9 Å². The molecule has 0 spiro atoms. The summed E-state index contributed by atoms with van der Waals surface area (Å²) in [5, 5.41) is 9.35. The Morgan fingerprint density at radius 2 is 2.00 bits per heavy atom. The molecule has 0 saturated carbocycles. The molecule has 2 N–H and O–H groups in total. The first-order valence-electron chi connectivity index (χ1n) is 7.29.